The summed E-state index contributed by atoms with van der Waals surface area (Å²) >= 11 is 0. The van der Waals surface area contributed by atoms with Crippen LogP contribution in [0.4, 0.5) is 0 Å². The van der Waals surface area contributed by atoms with Crippen LogP contribution >= 0.6 is 0 Å². The Morgan fingerprint density at radius 1 is 1.41 bits per heavy atom. The van der Waals surface area contributed by atoms with Crippen LogP contribution in [0.2, 0.25) is 0 Å². The Balaban J connectivity index is 0.000000853. The van der Waals surface area contributed by atoms with E-state index in [1.807, 2.05) is 0 Å². The monoisotopic (exact) mass is 566 g/mol. The van der Waals surface area contributed by atoms with Crippen molar-refractivity contribution in [2.24, 2.45) is 11.8 Å². The molecule has 0 amide bonds. The van der Waals surface area contributed by atoms with Crippen LogP contribution in [0.25, 0.3) is 0 Å². The first-order valence-corrected chi connectivity index (χ1v) is 5.39. The molecule has 2 aliphatic heterocycles. The van der Waals surface area contributed by atoms with Gasteiger partial charge in [-0.2, -0.15) is 5.70 Å². The molecule has 2 nitrogen and oxygen atoms in total. The van der Waals surface area contributed by atoms with Gasteiger partial charge in [0.05, 0.1) is 0 Å². The maximum atomic E-state index is 11.8. The van der Waals surface area contributed by atoms with Crippen molar-refractivity contribution in [2.75, 3.05) is 6.54 Å². The van der Waals surface area contributed by atoms with E-state index in [4.69, 9.17) is 0 Å². The van der Waals surface area contributed by atoms with E-state index < -0.39 is 0 Å². The van der Waals surface area contributed by atoms with E-state index in [0.29, 0.717) is 12.0 Å². The molecule has 0 N–H and O–H groups in total. The van der Waals surface area contributed by atoms with E-state index in [9.17, 15) is 4.79 Å². The molecule has 0 aromatic rings. The van der Waals surface area contributed by atoms with Crippen molar-refractivity contribution in [3.63, 3.8) is 0 Å². The van der Waals surface area contributed by atoms with E-state index in [1.54, 1.807) is 0 Å². The van der Waals surface area contributed by atoms with Gasteiger partial charge in [0.1, 0.15) is 0 Å². The van der Waals surface area contributed by atoms with Crippen LogP contribution in [0.5, 0.6) is 0 Å². The largest absolute Gasteiger partial charge is 0.436 e. The number of Topliss-reactive ketones (excluding diaryl/α,β-unsaturated/α-hetero) is 1. The fourth-order valence-corrected chi connectivity index (χ4v) is 2.86. The van der Waals surface area contributed by atoms with Gasteiger partial charge in [0.15, 0.2) is 0 Å². The molecule has 0 aromatic heterocycles. The number of carbonyl (C=O) groups excluding carboxylic acids is 1. The average molecular weight is 566 g/mol. The number of ketones is 1. The molecular weight excluding hydrogens is 552 g/mol. The standard InChI is InChI=1S/C12H14NO.U.V.Y/c1-8-5-10-11(6-8)13-4-2-3-9(13)7-12(10)14;;;/h5-6,8,10-11H,2-4H2,1H3;;;/q-3;;;. The van der Waals surface area contributed by atoms with Gasteiger partial charge >= 0.3 is 0 Å². The first-order chi connectivity index (χ1) is 6.75. The number of nitrogens with zero attached hydrogens (tertiary/aromatic N) is 1. The Labute approximate surface area is 164 Å². The summed E-state index contributed by atoms with van der Waals surface area (Å²) in [5.74, 6) is 0.756. The van der Waals surface area contributed by atoms with Gasteiger partial charge in [-0.05, 0) is 18.6 Å². The molecule has 0 bridgehead atoms. The Hall–Kier alpha value is 1.95. The van der Waals surface area contributed by atoms with Crippen LogP contribution < -0.4 is 0 Å². The number of fused-ring (bicyclic) bond motifs is 3. The molecule has 2 fully saturated rings. The Morgan fingerprint density at radius 3 is 2.82 bits per heavy atom. The van der Waals surface area contributed by atoms with Gasteiger partial charge in [-0.3, -0.25) is 0 Å². The molecule has 2 radical (unpaired) electrons. The molecule has 3 atom stereocenters. The summed E-state index contributed by atoms with van der Waals surface area (Å²) in [7, 11) is 0. The van der Waals surface area contributed by atoms with Gasteiger partial charge in [-0.1, -0.05) is 0 Å². The van der Waals surface area contributed by atoms with Crippen molar-refractivity contribution in [2.45, 2.75) is 25.8 Å². The van der Waals surface area contributed by atoms with Gasteiger partial charge in [0, 0.05) is 88.9 Å². The fraction of sp³-hybridized carbons (Fsp3) is 0.583. The van der Waals surface area contributed by atoms with Crippen LogP contribution in [0.1, 0.15) is 19.8 Å². The zero-order chi connectivity index (χ0) is 9.71. The second-order valence-electron chi connectivity index (χ2n) is 4.49. The summed E-state index contributed by atoms with van der Waals surface area (Å²) in [6.07, 6.45) is 9.71. The molecule has 1 saturated carbocycles. The van der Waals surface area contributed by atoms with Gasteiger partial charge in [0.2, 0.25) is 0 Å². The van der Waals surface area contributed by atoms with Crippen molar-refractivity contribution < 1.29 is 87.2 Å². The van der Waals surface area contributed by atoms with Crippen molar-refractivity contribution in [1.29, 1.82) is 0 Å². The minimum atomic E-state index is 0. The normalized spacial score (nSPS) is 33.7. The number of hydrogen-bond donors (Lipinski definition) is 0. The maximum Gasteiger partial charge on any atom is 0.0119 e. The predicted octanol–water partition coefficient (Wildman–Crippen LogP) is 1.39. The maximum absolute atomic E-state index is 11.8. The van der Waals surface area contributed by atoms with Gasteiger partial charge < -0.3 is 34.5 Å². The fourth-order valence-electron chi connectivity index (χ4n) is 2.86. The molecule has 5 heteroatoms. The Morgan fingerprint density at radius 2 is 2.12 bits per heavy atom. The van der Waals surface area contributed by atoms with Crippen LogP contribution in [0.15, 0.2) is 5.70 Å². The molecule has 17 heavy (non-hydrogen) atoms. The average Bonchev–Trinajstić information content (AvgIpc) is 2.69. The predicted molar refractivity (Wildman–Crippen MR) is 52.7 cm³/mol. The summed E-state index contributed by atoms with van der Waals surface area (Å²) in [4.78, 5) is 14.1. The minimum Gasteiger partial charge on any atom is -0.436 e. The van der Waals surface area contributed by atoms with Crippen LogP contribution in [0, 0.1) is 61.9 Å². The molecule has 1 aliphatic carbocycles. The van der Waals surface area contributed by atoms with Crippen molar-refractivity contribution in [3.05, 3.63) is 24.6 Å². The quantitative estimate of drug-likeness (QED) is 0.414. The third-order valence-corrected chi connectivity index (χ3v) is 3.47. The van der Waals surface area contributed by atoms with Gasteiger partial charge in [-0.25, -0.2) is 0 Å². The van der Waals surface area contributed by atoms with Crippen molar-refractivity contribution >= 4 is 5.78 Å². The van der Waals surface area contributed by atoms with E-state index in [1.165, 1.54) is 6.42 Å². The number of hydrogen-bond acceptors (Lipinski definition) is 2. The first kappa shape index (κ1) is 19.0. The summed E-state index contributed by atoms with van der Waals surface area (Å²) in [5.41, 5.74) is 1.15. The Kier molecular flexibility index (Phi) is 8.54. The zero-order valence-corrected chi connectivity index (χ0v) is 18.3. The van der Waals surface area contributed by atoms with Gasteiger partial charge in [-0.15, -0.1) is 18.9 Å². The van der Waals surface area contributed by atoms with E-state index in [0.717, 1.165) is 18.7 Å². The molecule has 2 heterocycles. The minimum absolute atomic E-state index is 0. The molecule has 3 unspecified atom stereocenters. The van der Waals surface area contributed by atoms with E-state index >= 15 is 0 Å². The Bertz CT molecular complexity index is 324. The van der Waals surface area contributed by atoms with Gasteiger partial charge in [0.25, 0.3) is 0 Å². The smallest absolute Gasteiger partial charge is 0.0119 e. The molecule has 1 saturated heterocycles. The molecule has 88 valence electrons. The third-order valence-electron chi connectivity index (χ3n) is 3.47. The SMILES string of the molecule is CC1[CH-]C2C(=O)[C-]=C3CCCN3C2[CH-]1.[U].[V].[Y]. The summed E-state index contributed by atoms with van der Waals surface area (Å²) in [6, 6.07) is 0.344. The molecular formula is C12H14NOUVY-3. The van der Waals surface area contributed by atoms with Crippen LogP contribution in [0.3, 0.4) is 0 Å². The molecule has 3 rings (SSSR count). The zero-order valence-electron chi connectivity index (χ0n) is 9.89. The molecule has 0 aromatic carbocycles. The first-order valence-electron chi connectivity index (χ1n) is 5.39. The van der Waals surface area contributed by atoms with E-state index in [-0.39, 0.29) is 94.1 Å². The summed E-state index contributed by atoms with van der Waals surface area (Å²) in [5, 5.41) is 0. The van der Waals surface area contributed by atoms with Crippen LogP contribution in [-0.4, -0.2) is 23.3 Å². The molecule has 3 aliphatic rings. The van der Waals surface area contributed by atoms with Crippen molar-refractivity contribution in [1.82, 2.24) is 4.90 Å². The van der Waals surface area contributed by atoms with Crippen molar-refractivity contribution in [3.8, 4) is 0 Å². The number of allylic oxidation sites excluding steroid dienone is 2. The summed E-state index contributed by atoms with van der Waals surface area (Å²) in [6.45, 7) is 3.26. The number of rotatable bonds is 0. The molecule has 0 spiro atoms. The second-order valence-corrected chi connectivity index (χ2v) is 4.49. The third kappa shape index (κ3) is 3.53. The summed E-state index contributed by atoms with van der Waals surface area (Å²) < 4.78 is 0. The van der Waals surface area contributed by atoms with E-state index in [2.05, 4.69) is 30.7 Å². The second kappa shape index (κ2) is 7.66. The van der Waals surface area contributed by atoms with Crippen LogP contribution in [-0.2, 0) is 56.1 Å². The number of carbonyl (C=O) groups is 1. The topological polar surface area (TPSA) is 20.3 Å².